The molecule has 20 heavy (non-hydrogen) atoms. The van der Waals surface area contributed by atoms with Crippen LogP contribution in [-0.2, 0) is 5.41 Å². The molecule has 2 aromatic rings. The highest BCUT2D eigenvalue weighted by Gasteiger charge is 2.17. The van der Waals surface area contributed by atoms with Gasteiger partial charge in [0.15, 0.2) is 0 Å². The fourth-order valence-corrected chi connectivity index (χ4v) is 2.84. The first-order valence-electron chi connectivity index (χ1n) is 6.52. The highest BCUT2D eigenvalue weighted by Crippen LogP contribution is 2.32. The predicted octanol–water partition coefficient (Wildman–Crippen LogP) is 6.09. The Bertz CT molecular complexity index is 594. The number of benzene rings is 1. The van der Waals surface area contributed by atoms with Gasteiger partial charge in [-0.2, -0.15) is 0 Å². The van der Waals surface area contributed by atoms with E-state index in [4.69, 9.17) is 4.74 Å². The molecule has 1 heterocycles. The van der Waals surface area contributed by atoms with Crippen molar-refractivity contribution in [1.82, 2.24) is 4.98 Å². The fraction of sp³-hybridized carbons (Fsp3) is 0.312. The molecule has 0 aliphatic rings. The number of nitrogens with zero attached hydrogens (tertiary/aromatic N) is 1. The number of aromatic nitrogens is 1. The monoisotopic (exact) mass is 397 g/mol. The average molecular weight is 399 g/mol. The summed E-state index contributed by atoms with van der Waals surface area (Å²) < 4.78 is 7.52. The molecule has 0 aliphatic heterocycles. The third-order valence-electron chi connectivity index (χ3n) is 3.51. The van der Waals surface area contributed by atoms with Crippen molar-refractivity contribution in [1.29, 1.82) is 0 Å². The minimum atomic E-state index is 0.189. The summed E-state index contributed by atoms with van der Waals surface area (Å²) in [5.74, 6) is 1.35. The van der Waals surface area contributed by atoms with Crippen LogP contribution >= 0.6 is 31.9 Å². The highest BCUT2D eigenvalue weighted by molar-refractivity contribution is 9.11. The lowest BCUT2D eigenvalue weighted by Crippen LogP contribution is -2.14. The first kappa shape index (κ1) is 15.5. The molecule has 0 saturated carbocycles. The first-order chi connectivity index (χ1) is 9.42. The Balaban J connectivity index is 2.19. The molecule has 2 rings (SSSR count). The minimum absolute atomic E-state index is 0.189. The molecule has 106 valence electrons. The summed E-state index contributed by atoms with van der Waals surface area (Å²) in [4.78, 5) is 4.24. The van der Waals surface area contributed by atoms with Gasteiger partial charge in [0.05, 0.1) is 4.47 Å². The van der Waals surface area contributed by atoms with Gasteiger partial charge in [-0.25, -0.2) is 4.98 Å². The maximum absolute atomic E-state index is 5.79. The molecule has 0 atom stereocenters. The maximum Gasteiger partial charge on any atom is 0.233 e. The summed E-state index contributed by atoms with van der Waals surface area (Å²) >= 11 is 6.82. The number of pyridine rings is 1. The van der Waals surface area contributed by atoms with Crippen LogP contribution in [0.4, 0.5) is 0 Å². The van der Waals surface area contributed by atoms with Crippen LogP contribution in [0, 0.1) is 0 Å². The number of ether oxygens (including phenoxy) is 1. The second kappa shape index (κ2) is 6.27. The first-order valence-corrected chi connectivity index (χ1v) is 8.10. The average Bonchev–Trinajstić information content (AvgIpc) is 2.42. The number of halogens is 2. The molecule has 0 bridgehead atoms. The molecular formula is C16H17Br2NO. The number of rotatable bonds is 4. The summed E-state index contributed by atoms with van der Waals surface area (Å²) in [5, 5.41) is 0. The van der Waals surface area contributed by atoms with Crippen molar-refractivity contribution in [3.05, 3.63) is 51.0 Å². The van der Waals surface area contributed by atoms with Gasteiger partial charge >= 0.3 is 0 Å². The maximum atomic E-state index is 5.79. The van der Waals surface area contributed by atoms with Gasteiger partial charge < -0.3 is 4.74 Å². The molecule has 0 saturated heterocycles. The van der Waals surface area contributed by atoms with E-state index in [0.29, 0.717) is 5.88 Å². The van der Waals surface area contributed by atoms with Crippen molar-refractivity contribution in [2.24, 2.45) is 0 Å². The normalized spacial score (nSPS) is 11.4. The molecule has 1 aromatic heterocycles. The van der Waals surface area contributed by atoms with E-state index in [0.717, 1.165) is 21.1 Å². The largest absolute Gasteiger partial charge is 0.438 e. The van der Waals surface area contributed by atoms with Gasteiger partial charge in [0.25, 0.3) is 0 Å². The zero-order valence-corrected chi connectivity index (χ0v) is 15.0. The molecule has 4 heteroatoms. The lowest BCUT2D eigenvalue weighted by molar-refractivity contribution is 0.457. The third-order valence-corrected chi connectivity index (χ3v) is 4.51. The van der Waals surface area contributed by atoms with Crippen molar-refractivity contribution in [2.45, 2.75) is 32.6 Å². The van der Waals surface area contributed by atoms with Crippen LogP contribution in [0.1, 0.15) is 32.8 Å². The molecule has 0 radical (unpaired) electrons. The summed E-state index contributed by atoms with van der Waals surface area (Å²) in [6, 6.07) is 10.1. The van der Waals surface area contributed by atoms with Crippen LogP contribution in [-0.4, -0.2) is 4.98 Å². The van der Waals surface area contributed by atoms with Crippen LogP contribution in [0.15, 0.2) is 45.5 Å². The van der Waals surface area contributed by atoms with E-state index in [9.17, 15) is 0 Å². The smallest absolute Gasteiger partial charge is 0.233 e. The van der Waals surface area contributed by atoms with Crippen LogP contribution in [0.5, 0.6) is 11.6 Å². The second-order valence-electron chi connectivity index (χ2n) is 5.30. The number of hydrogen-bond acceptors (Lipinski definition) is 2. The lowest BCUT2D eigenvalue weighted by Gasteiger charge is -2.23. The predicted molar refractivity (Wildman–Crippen MR) is 89.5 cm³/mol. The van der Waals surface area contributed by atoms with Crippen molar-refractivity contribution < 1.29 is 4.74 Å². The second-order valence-corrected chi connectivity index (χ2v) is 7.07. The zero-order chi connectivity index (χ0) is 14.8. The Morgan fingerprint density at radius 3 is 2.35 bits per heavy atom. The molecule has 0 fully saturated rings. The Hall–Kier alpha value is -0.870. The van der Waals surface area contributed by atoms with Gasteiger partial charge in [-0.15, -0.1) is 0 Å². The van der Waals surface area contributed by atoms with Crippen molar-refractivity contribution in [3.8, 4) is 11.6 Å². The Morgan fingerprint density at radius 2 is 1.80 bits per heavy atom. The Labute approximate surface area is 136 Å². The summed E-state index contributed by atoms with van der Waals surface area (Å²) in [5.41, 5.74) is 1.50. The van der Waals surface area contributed by atoms with Crippen molar-refractivity contribution >= 4 is 31.9 Å². The fourth-order valence-electron chi connectivity index (χ4n) is 1.77. The van der Waals surface area contributed by atoms with Gasteiger partial charge in [-0.05, 0) is 67.5 Å². The van der Waals surface area contributed by atoms with Crippen molar-refractivity contribution in [2.75, 3.05) is 0 Å². The summed E-state index contributed by atoms with van der Waals surface area (Å²) in [6.07, 6.45) is 2.82. The van der Waals surface area contributed by atoms with E-state index < -0.39 is 0 Å². The van der Waals surface area contributed by atoms with E-state index in [2.05, 4.69) is 69.7 Å². The molecule has 0 amide bonds. The van der Waals surface area contributed by atoms with Gasteiger partial charge in [0.2, 0.25) is 5.88 Å². The standard InChI is InChI=1S/C16H17Br2NO/c1-4-16(2,3)11-5-7-13(8-6-11)20-15-14(18)9-12(17)10-19-15/h5-10H,4H2,1-3H3. The molecule has 0 unspecified atom stereocenters. The van der Waals surface area contributed by atoms with Crippen molar-refractivity contribution in [3.63, 3.8) is 0 Å². The quantitative estimate of drug-likeness (QED) is 0.621. The van der Waals surface area contributed by atoms with Gasteiger partial charge in [0.1, 0.15) is 5.75 Å². The summed E-state index contributed by atoms with van der Waals surface area (Å²) in [7, 11) is 0. The van der Waals surface area contributed by atoms with Gasteiger partial charge in [-0.3, -0.25) is 0 Å². The van der Waals surface area contributed by atoms with E-state index in [-0.39, 0.29) is 5.41 Å². The van der Waals surface area contributed by atoms with Crippen LogP contribution in [0.25, 0.3) is 0 Å². The van der Waals surface area contributed by atoms with Gasteiger partial charge in [0, 0.05) is 10.7 Å². The van der Waals surface area contributed by atoms with E-state index in [1.165, 1.54) is 5.56 Å². The van der Waals surface area contributed by atoms with Gasteiger partial charge in [-0.1, -0.05) is 32.9 Å². The Kier molecular flexibility index (Phi) is 4.86. The van der Waals surface area contributed by atoms with Crippen LogP contribution in [0.2, 0.25) is 0 Å². The molecule has 0 aliphatic carbocycles. The minimum Gasteiger partial charge on any atom is -0.438 e. The SMILES string of the molecule is CCC(C)(C)c1ccc(Oc2ncc(Br)cc2Br)cc1. The van der Waals surface area contributed by atoms with Crippen LogP contribution < -0.4 is 4.74 Å². The molecule has 2 nitrogen and oxygen atoms in total. The highest BCUT2D eigenvalue weighted by atomic mass is 79.9. The summed E-state index contributed by atoms with van der Waals surface area (Å²) in [6.45, 7) is 6.69. The molecule has 0 spiro atoms. The topological polar surface area (TPSA) is 22.1 Å². The number of hydrogen-bond donors (Lipinski definition) is 0. The third kappa shape index (κ3) is 3.61. The zero-order valence-electron chi connectivity index (χ0n) is 11.8. The Morgan fingerprint density at radius 1 is 1.15 bits per heavy atom. The van der Waals surface area contributed by atoms with E-state index >= 15 is 0 Å². The molecule has 0 N–H and O–H groups in total. The van der Waals surface area contributed by atoms with Crippen LogP contribution in [0.3, 0.4) is 0 Å². The molecule has 1 aromatic carbocycles. The molecular weight excluding hydrogens is 382 g/mol. The van der Waals surface area contributed by atoms with E-state index in [1.54, 1.807) is 6.20 Å². The van der Waals surface area contributed by atoms with E-state index in [1.807, 2.05) is 18.2 Å². The lowest BCUT2D eigenvalue weighted by atomic mass is 9.82.